The maximum atomic E-state index is 11.9. The minimum Gasteiger partial charge on any atom is -0.348 e. The fraction of sp³-hybridized carbons (Fsp3) is 0.0714. The summed E-state index contributed by atoms with van der Waals surface area (Å²) in [5.74, 6) is -0.234. The normalized spacial score (nSPS) is 11.1. The molecule has 5 nitrogen and oxygen atoms in total. The van der Waals surface area contributed by atoms with Crippen molar-refractivity contribution in [3.63, 3.8) is 0 Å². The highest BCUT2D eigenvalue weighted by Crippen LogP contribution is 2.11. The van der Waals surface area contributed by atoms with Gasteiger partial charge in [-0.1, -0.05) is 23.7 Å². The molecule has 0 fully saturated rings. The number of hydrogen-bond acceptors (Lipinski definition) is 3. The zero-order chi connectivity index (χ0) is 15.5. The predicted octanol–water partition coefficient (Wildman–Crippen LogP) is 1.92. The molecular weight excluding hydrogens is 312 g/mol. The largest absolute Gasteiger partial charge is 0.348 e. The summed E-state index contributed by atoms with van der Waals surface area (Å²) >= 11 is 5.75. The summed E-state index contributed by atoms with van der Waals surface area (Å²) in [5.41, 5.74) is 1.27. The van der Waals surface area contributed by atoms with Crippen molar-refractivity contribution in [2.24, 2.45) is 5.14 Å². The first kappa shape index (κ1) is 15.5. The summed E-state index contributed by atoms with van der Waals surface area (Å²) in [6.45, 7) is 0.284. The lowest BCUT2D eigenvalue weighted by molar-refractivity contribution is 0.0951. The summed E-state index contributed by atoms with van der Waals surface area (Å²) in [4.78, 5) is 11.9. The van der Waals surface area contributed by atoms with Crippen molar-refractivity contribution in [3.05, 3.63) is 64.7 Å². The van der Waals surface area contributed by atoms with Gasteiger partial charge < -0.3 is 5.32 Å². The molecule has 2 rings (SSSR count). The quantitative estimate of drug-likeness (QED) is 0.900. The van der Waals surface area contributed by atoms with Crippen molar-refractivity contribution in [1.82, 2.24) is 5.32 Å². The summed E-state index contributed by atoms with van der Waals surface area (Å²) in [6.07, 6.45) is 0. The SMILES string of the molecule is NS(=O)(=O)c1ccc(CNC(=O)c2ccc(Cl)cc2)cc1. The van der Waals surface area contributed by atoms with Crippen LogP contribution in [0.1, 0.15) is 15.9 Å². The molecule has 1 amide bonds. The third-order valence-electron chi connectivity index (χ3n) is 2.81. The van der Waals surface area contributed by atoms with Gasteiger partial charge in [-0.3, -0.25) is 4.79 Å². The number of amides is 1. The topological polar surface area (TPSA) is 89.3 Å². The zero-order valence-electron chi connectivity index (χ0n) is 10.9. The number of primary sulfonamides is 1. The third-order valence-corrected chi connectivity index (χ3v) is 3.99. The molecule has 0 saturated carbocycles. The monoisotopic (exact) mass is 324 g/mol. The van der Waals surface area contributed by atoms with Gasteiger partial charge in [0.2, 0.25) is 10.0 Å². The van der Waals surface area contributed by atoms with Crippen LogP contribution in [-0.4, -0.2) is 14.3 Å². The fourth-order valence-corrected chi connectivity index (χ4v) is 2.32. The highest BCUT2D eigenvalue weighted by Gasteiger charge is 2.08. The molecule has 0 saturated heterocycles. The molecule has 0 aromatic heterocycles. The van der Waals surface area contributed by atoms with Gasteiger partial charge in [0.25, 0.3) is 5.91 Å². The molecule has 0 aliphatic rings. The average molecular weight is 325 g/mol. The maximum absolute atomic E-state index is 11.9. The molecule has 7 heteroatoms. The van der Waals surface area contributed by atoms with Gasteiger partial charge in [-0.05, 0) is 42.0 Å². The van der Waals surface area contributed by atoms with E-state index in [-0.39, 0.29) is 17.3 Å². The molecule has 0 unspecified atom stereocenters. The van der Waals surface area contributed by atoms with Crippen molar-refractivity contribution in [2.75, 3.05) is 0 Å². The van der Waals surface area contributed by atoms with Gasteiger partial charge in [0.05, 0.1) is 4.90 Å². The average Bonchev–Trinajstić information content (AvgIpc) is 2.45. The first-order valence-electron chi connectivity index (χ1n) is 6.02. The lowest BCUT2D eigenvalue weighted by Gasteiger charge is -2.06. The number of carbonyl (C=O) groups excluding carboxylic acids is 1. The first-order chi connectivity index (χ1) is 9.86. The van der Waals surface area contributed by atoms with Crippen LogP contribution in [0.5, 0.6) is 0 Å². The highest BCUT2D eigenvalue weighted by molar-refractivity contribution is 7.89. The van der Waals surface area contributed by atoms with E-state index in [1.54, 1.807) is 36.4 Å². The maximum Gasteiger partial charge on any atom is 0.251 e. The Kier molecular flexibility index (Phi) is 4.62. The van der Waals surface area contributed by atoms with Crippen LogP contribution in [0, 0.1) is 0 Å². The molecule has 2 aromatic rings. The Morgan fingerprint density at radius 3 is 2.14 bits per heavy atom. The third kappa shape index (κ3) is 4.29. The van der Waals surface area contributed by atoms with E-state index in [1.165, 1.54) is 12.1 Å². The number of halogens is 1. The summed E-state index contributed by atoms with van der Waals surface area (Å²) in [6, 6.07) is 12.5. The van der Waals surface area contributed by atoms with Crippen LogP contribution in [0.25, 0.3) is 0 Å². The second-order valence-electron chi connectivity index (χ2n) is 4.38. The zero-order valence-corrected chi connectivity index (χ0v) is 12.5. The molecule has 3 N–H and O–H groups in total. The van der Waals surface area contributed by atoms with Crippen LogP contribution < -0.4 is 10.5 Å². The molecule has 21 heavy (non-hydrogen) atoms. The second-order valence-corrected chi connectivity index (χ2v) is 6.38. The van der Waals surface area contributed by atoms with E-state index in [2.05, 4.69) is 5.32 Å². The first-order valence-corrected chi connectivity index (χ1v) is 7.94. The number of benzene rings is 2. The number of nitrogens with two attached hydrogens (primary N) is 1. The van der Waals surface area contributed by atoms with Gasteiger partial charge in [0.15, 0.2) is 0 Å². The Morgan fingerprint density at radius 1 is 1.05 bits per heavy atom. The molecule has 0 aliphatic heterocycles. The Bertz CT molecular complexity index is 741. The predicted molar refractivity (Wildman–Crippen MR) is 80.4 cm³/mol. The molecular formula is C14H13ClN2O3S. The van der Waals surface area contributed by atoms with Crippen LogP contribution in [0.3, 0.4) is 0 Å². The number of carbonyl (C=O) groups is 1. The van der Waals surface area contributed by atoms with Gasteiger partial charge in [-0.2, -0.15) is 0 Å². The smallest absolute Gasteiger partial charge is 0.251 e. The lowest BCUT2D eigenvalue weighted by atomic mass is 10.2. The summed E-state index contributed by atoms with van der Waals surface area (Å²) < 4.78 is 22.2. The Labute approximate surface area is 127 Å². The van der Waals surface area contributed by atoms with Gasteiger partial charge in [0.1, 0.15) is 0 Å². The van der Waals surface area contributed by atoms with Crippen LogP contribution >= 0.6 is 11.6 Å². The van der Waals surface area contributed by atoms with E-state index in [9.17, 15) is 13.2 Å². The van der Waals surface area contributed by atoms with E-state index in [1.807, 2.05) is 0 Å². The van der Waals surface area contributed by atoms with Crippen LogP contribution in [-0.2, 0) is 16.6 Å². The molecule has 110 valence electrons. The van der Waals surface area contributed by atoms with Crippen molar-refractivity contribution < 1.29 is 13.2 Å². The second kappa shape index (κ2) is 6.26. The Morgan fingerprint density at radius 2 is 1.62 bits per heavy atom. The Balaban J connectivity index is 2.00. The van der Waals surface area contributed by atoms with Crippen LogP contribution in [0.4, 0.5) is 0 Å². The molecule has 0 atom stereocenters. The van der Waals surface area contributed by atoms with Crippen molar-refractivity contribution in [3.8, 4) is 0 Å². The van der Waals surface area contributed by atoms with E-state index in [0.29, 0.717) is 10.6 Å². The van der Waals surface area contributed by atoms with E-state index >= 15 is 0 Å². The molecule has 0 radical (unpaired) electrons. The molecule has 0 aliphatic carbocycles. The van der Waals surface area contributed by atoms with Gasteiger partial charge >= 0.3 is 0 Å². The number of sulfonamides is 1. The minimum atomic E-state index is -3.70. The van der Waals surface area contributed by atoms with Crippen molar-refractivity contribution in [2.45, 2.75) is 11.4 Å². The van der Waals surface area contributed by atoms with Crippen LogP contribution in [0.2, 0.25) is 5.02 Å². The van der Waals surface area contributed by atoms with E-state index in [4.69, 9.17) is 16.7 Å². The number of rotatable bonds is 4. The van der Waals surface area contributed by atoms with Crippen molar-refractivity contribution in [1.29, 1.82) is 0 Å². The molecule has 0 bridgehead atoms. The summed E-state index contributed by atoms with van der Waals surface area (Å²) in [5, 5.41) is 8.30. The van der Waals surface area contributed by atoms with Gasteiger partial charge in [0, 0.05) is 17.1 Å². The fourth-order valence-electron chi connectivity index (χ4n) is 1.68. The highest BCUT2D eigenvalue weighted by atomic mass is 35.5. The van der Waals surface area contributed by atoms with E-state index in [0.717, 1.165) is 5.56 Å². The molecule has 0 heterocycles. The number of nitrogens with one attached hydrogen (secondary N) is 1. The molecule has 0 spiro atoms. The Hall–Kier alpha value is -1.89. The van der Waals surface area contributed by atoms with E-state index < -0.39 is 10.0 Å². The minimum absolute atomic E-state index is 0.0373. The molecule has 2 aromatic carbocycles. The number of hydrogen-bond donors (Lipinski definition) is 2. The summed E-state index contributed by atoms with van der Waals surface area (Å²) in [7, 11) is -3.70. The van der Waals surface area contributed by atoms with Gasteiger partial charge in [-0.15, -0.1) is 0 Å². The van der Waals surface area contributed by atoms with Gasteiger partial charge in [-0.25, -0.2) is 13.6 Å². The lowest BCUT2D eigenvalue weighted by Crippen LogP contribution is -2.22. The van der Waals surface area contributed by atoms with Crippen molar-refractivity contribution >= 4 is 27.5 Å². The van der Waals surface area contributed by atoms with Crippen LogP contribution in [0.15, 0.2) is 53.4 Å². The standard InChI is InChI=1S/C14H13ClN2O3S/c15-12-5-3-11(4-6-12)14(18)17-9-10-1-7-13(8-2-10)21(16,19)20/h1-8H,9H2,(H,17,18)(H2,16,19,20).